The highest BCUT2D eigenvalue weighted by Gasteiger charge is 2.52. The second kappa shape index (κ2) is 7.14. The predicted octanol–water partition coefficient (Wildman–Crippen LogP) is 3.54. The first-order valence-electron chi connectivity index (χ1n) is 8.91. The zero-order valence-corrected chi connectivity index (χ0v) is 16.4. The average molecular weight is 406 g/mol. The number of aromatic nitrogens is 3. The summed E-state index contributed by atoms with van der Waals surface area (Å²) in [7, 11) is 1.81. The van der Waals surface area contributed by atoms with Gasteiger partial charge in [0.15, 0.2) is 5.60 Å². The van der Waals surface area contributed by atoms with Crippen molar-refractivity contribution < 1.29 is 23.1 Å². The second-order valence-electron chi connectivity index (χ2n) is 7.18. The lowest BCUT2D eigenvalue weighted by Crippen LogP contribution is -2.39. The van der Waals surface area contributed by atoms with E-state index in [-0.39, 0.29) is 17.5 Å². The maximum atomic E-state index is 13.0. The van der Waals surface area contributed by atoms with Crippen LogP contribution >= 0.6 is 0 Å². The van der Waals surface area contributed by atoms with E-state index in [0.717, 1.165) is 17.3 Å². The number of benzene rings is 1. The van der Waals surface area contributed by atoms with E-state index in [1.807, 2.05) is 20.9 Å². The van der Waals surface area contributed by atoms with Crippen molar-refractivity contribution in [1.29, 1.82) is 0 Å². The molecule has 1 aromatic carbocycles. The third-order valence-electron chi connectivity index (χ3n) is 5.09. The van der Waals surface area contributed by atoms with E-state index >= 15 is 0 Å². The fraction of sp³-hybridized carbons (Fsp3) is 0.350. The van der Waals surface area contributed by atoms with Crippen LogP contribution in [0.1, 0.15) is 47.2 Å². The van der Waals surface area contributed by atoms with Gasteiger partial charge in [0, 0.05) is 29.3 Å². The highest BCUT2D eigenvalue weighted by molar-refractivity contribution is 5.98. The lowest BCUT2D eigenvalue weighted by molar-refractivity contribution is -0.260. The Bertz CT molecular complexity index is 1070. The normalized spacial score (nSPS) is 15.2. The molecule has 2 aromatic heterocycles. The van der Waals surface area contributed by atoms with Crippen LogP contribution in [0.25, 0.3) is 10.9 Å². The van der Waals surface area contributed by atoms with Crippen LogP contribution in [0.3, 0.4) is 0 Å². The Morgan fingerprint density at radius 2 is 1.93 bits per heavy atom. The van der Waals surface area contributed by atoms with Gasteiger partial charge in [0.05, 0.1) is 23.4 Å². The molecule has 3 aromatic rings. The van der Waals surface area contributed by atoms with Crippen molar-refractivity contribution in [2.24, 2.45) is 7.05 Å². The van der Waals surface area contributed by atoms with E-state index in [1.165, 1.54) is 18.2 Å². The van der Waals surface area contributed by atoms with Crippen LogP contribution in [-0.2, 0) is 12.6 Å². The number of alkyl halides is 3. The molecule has 1 amide bonds. The van der Waals surface area contributed by atoms with Crippen LogP contribution in [0.5, 0.6) is 0 Å². The summed E-state index contributed by atoms with van der Waals surface area (Å²) >= 11 is 0. The van der Waals surface area contributed by atoms with Gasteiger partial charge in [-0.15, -0.1) is 0 Å². The molecule has 0 saturated heterocycles. The van der Waals surface area contributed by atoms with Gasteiger partial charge in [0.1, 0.15) is 0 Å². The number of nitrogens with one attached hydrogen (secondary N) is 1. The van der Waals surface area contributed by atoms with Crippen molar-refractivity contribution in [2.45, 2.75) is 38.6 Å². The van der Waals surface area contributed by atoms with Gasteiger partial charge in [-0.3, -0.25) is 9.48 Å². The summed E-state index contributed by atoms with van der Waals surface area (Å²) in [6.45, 7) is 4.40. The van der Waals surface area contributed by atoms with Crippen molar-refractivity contribution >= 4 is 16.8 Å². The average Bonchev–Trinajstić information content (AvgIpc) is 2.98. The fourth-order valence-electron chi connectivity index (χ4n) is 2.98. The van der Waals surface area contributed by atoms with Gasteiger partial charge in [-0.25, -0.2) is 4.98 Å². The van der Waals surface area contributed by atoms with Crippen molar-refractivity contribution in [2.75, 3.05) is 0 Å². The number of nitrogens with zero attached hydrogens (tertiary/aromatic N) is 3. The zero-order valence-electron chi connectivity index (χ0n) is 16.4. The Hall–Kier alpha value is -2.94. The summed E-state index contributed by atoms with van der Waals surface area (Å²) in [6.07, 6.45) is -3.16. The van der Waals surface area contributed by atoms with Crippen molar-refractivity contribution in [3.8, 4) is 0 Å². The largest absolute Gasteiger partial charge is 0.422 e. The first-order chi connectivity index (χ1) is 13.4. The monoisotopic (exact) mass is 406 g/mol. The first kappa shape index (κ1) is 20.8. The second-order valence-corrected chi connectivity index (χ2v) is 7.18. The third-order valence-corrected chi connectivity index (χ3v) is 5.09. The van der Waals surface area contributed by atoms with Crippen LogP contribution in [0, 0.1) is 6.92 Å². The predicted molar refractivity (Wildman–Crippen MR) is 101 cm³/mol. The molecule has 3 rings (SSSR count). The molecule has 2 N–H and O–H groups in total. The summed E-state index contributed by atoms with van der Waals surface area (Å²) in [5, 5.41) is 17.3. The Kier molecular flexibility index (Phi) is 5.12. The van der Waals surface area contributed by atoms with E-state index < -0.39 is 17.5 Å². The van der Waals surface area contributed by atoms with Gasteiger partial charge in [-0.05, 0) is 45.0 Å². The van der Waals surface area contributed by atoms with Gasteiger partial charge in [-0.2, -0.15) is 18.3 Å². The number of aliphatic hydroxyl groups is 1. The summed E-state index contributed by atoms with van der Waals surface area (Å²) in [5.74, 6) is -0.325. The molecule has 0 aliphatic heterocycles. The Morgan fingerprint density at radius 3 is 2.52 bits per heavy atom. The number of aryl methyl sites for hydroxylation is 1. The van der Waals surface area contributed by atoms with Gasteiger partial charge in [0.25, 0.3) is 5.91 Å². The molecule has 6 nitrogen and oxygen atoms in total. The molecular weight excluding hydrogens is 385 g/mol. The minimum atomic E-state index is -4.85. The lowest BCUT2D eigenvalue weighted by Gasteiger charge is -2.25. The summed E-state index contributed by atoms with van der Waals surface area (Å²) in [4.78, 5) is 16.5. The molecule has 0 aliphatic rings. The van der Waals surface area contributed by atoms with E-state index in [4.69, 9.17) is 0 Å². The standard InChI is InChI=1S/C20H21F3N4O2/c1-11(15-10-24-27(4)12(15)2)25-18(28)14-5-7-16-13(9-14)6-8-17(26-16)19(3,29)20(21,22)23/h5-11,29H,1-4H3,(H,25,28)/t11-,19?/m1/s1. The number of rotatable bonds is 4. The third kappa shape index (κ3) is 3.82. The number of pyridine rings is 1. The minimum Gasteiger partial charge on any atom is -0.375 e. The van der Waals surface area contributed by atoms with Crippen LogP contribution in [0.15, 0.2) is 36.5 Å². The smallest absolute Gasteiger partial charge is 0.375 e. The van der Waals surface area contributed by atoms with Gasteiger partial charge >= 0.3 is 6.18 Å². The molecule has 1 unspecified atom stereocenters. The number of hydrogen-bond acceptors (Lipinski definition) is 4. The number of carbonyl (C=O) groups excluding carboxylic acids is 1. The highest BCUT2D eigenvalue weighted by atomic mass is 19.4. The van der Waals surface area contributed by atoms with E-state index in [2.05, 4.69) is 15.4 Å². The van der Waals surface area contributed by atoms with Crippen LogP contribution < -0.4 is 5.32 Å². The van der Waals surface area contributed by atoms with Crippen LogP contribution in [0.4, 0.5) is 13.2 Å². The Morgan fingerprint density at radius 1 is 1.24 bits per heavy atom. The molecule has 154 valence electrons. The molecule has 9 heteroatoms. The summed E-state index contributed by atoms with van der Waals surface area (Å²) in [5.41, 5.74) is -1.14. The quantitative estimate of drug-likeness (QED) is 0.695. The van der Waals surface area contributed by atoms with Crippen LogP contribution in [0.2, 0.25) is 0 Å². The molecule has 0 aliphatic carbocycles. The van der Waals surface area contributed by atoms with Gasteiger partial charge in [-0.1, -0.05) is 6.07 Å². The molecule has 0 fully saturated rings. The number of carbonyl (C=O) groups is 1. The van der Waals surface area contributed by atoms with Crippen molar-refractivity contribution in [3.05, 3.63) is 59.0 Å². The van der Waals surface area contributed by atoms with Crippen molar-refractivity contribution in [3.63, 3.8) is 0 Å². The van der Waals surface area contributed by atoms with Crippen molar-refractivity contribution in [1.82, 2.24) is 20.1 Å². The topological polar surface area (TPSA) is 80.0 Å². The number of amides is 1. The number of fused-ring (bicyclic) bond motifs is 1. The molecule has 2 heterocycles. The summed E-state index contributed by atoms with van der Waals surface area (Å²) < 4.78 is 40.8. The maximum Gasteiger partial charge on any atom is 0.422 e. The van der Waals surface area contributed by atoms with Gasteiger partial charge in [0.2, 0.25) is 0 Å². The molecule has 29 heavy (non-hydrogen) atoms. The van der Waals surface area contributed by atoms with E-state index in [0.29, 0.717) is 17.9 Å². The van der Waals surface area contributed by atoms with Crippen LogP contribution in [-0.4, -0.2) is 32.0 Å². The Balaban J connectivity index is 1.85. The van der Waals surface area contributed by atoms with E-state index in [9.17, 15) is 23.1 Å². The molecular formula is C20H21F3N4O2. The molecule has 0 saturated carbocycles. The Labute approximate surface area is 165 Å². The SMILES string of the molecule is Cc1c([C@@H](C)NC(=O)c2ccc3nc(C(C)(O)C(F)(F)F)ccc3c2)cnn1C. The highest BCUT2D eigenvalue weighted by Crippen LogP contribution is 2.38. The lowest BCUT2D eigenvalue weighted by atomic mass is 9.99. The zero-order chi connectivity index (χ0) is 21.6. The number of halogens is 3. The maximum absolute atomic E-state index is 13.0. The minimum absolute atomic E-state index is 0.250. The molecule has 0 spiro atoms. The molecule has 0 radical (unpaired) electrons. The number of hydrogen-bond donors (Lipinski definition) is 2. The molecule has 0 bridgehead atoms. The first-order valence-corrected chi connectivity index (χ1v) is 8.91. The molecule has 2 atom stereocenters. The van der Waals surface area contributed by atoms with E-state index in [1.54, 1.807) is 16.9 Å². The summed E-state index contributed by atoms with van der Waals surface area (Å²) in [6, 6.07) is 6.74. The fourth-order valence-corrected chi connectivity index (χ4v) is 2.98. The van der Waals surface area contributed by atoms with Gasteiger partial charge < -0.3 is 10.4 Å².